The van der Waals surface area contributed by atoms with E-state index in [9.17, 15) is 14.7 Å². The van der Waals surface area contributed by atoms with Crippen LogP contribution in [0.15, 0.2) is 152 Å². The Hall–Kier alpha value is -5.16. The van der Waals surface area contributed by atoms with Crippen LogP contribution in [0, 0.1) is 0 Å². The highest BCUT2D eigenvalue weighted by molar-refractivity contribution is 5.80. The summed E-state index contributed by atoms with van der Waals surface area (Å²) >= 11 is 0. The Morgan fingerprint density at radius 2 is 0.811 bits per heavy atom. The van der Waals surface area contributed by atoms with E-state index in [1.165, 1.54) is 6.92 Å². The molecule has 6 rings (SSSR count). The minimum Gasteiger partial charge on any atom is -0.454 e. The third-order valence-electron chi connectivity index (χ3n) is 8.96. The molecule has 1 aliphatic carbocycles. The number of carbonyl (C=O) groups is 2. The molecule has 9 nitrogen and oxygen atoms in total. The van der Waals surface area contributed by atoms with Crippen molar-refractivity contribution in [3.8, 4) is 0 Å². The molecule has 7 atom stereocenters. The Morgan fingerprint density at radius 3 is 1.19 bits per heavy atom. The summed E-state index contributed by atoms with van der Waals surface area (Å²) in [7, 11) is 0. The maximum absolute atomic E-state index is 14.1. The van der Waals surface area contributed by atoms with Gasteiger partial charge in [-0.1, -0.05) is 152 Å². The van der Waals surface area contributed by atoms with E-state index in [1.807, 2.05) is 121 Å². The first-order chi connectivity index (χ1) is 26.0. The molecule has 1 saturated carbocycles. The number of aliphatic hydroxyl groups excluding tert-OH is 1. The van der Waals surface area contributed by atoms with Gasteiger partial charge in [-0.05, 0) is 22.3 Å². The van der Waals surface area contributed by atoms with E-state index in [4.69, 9.17) is 28.4 Å². The van der Waals surface area contributed by atoms with Crippen molar-refractivity contribution in [3.05, 3.63) is 179 Å². The van der Waals surface area contributed by atoms with Gasteiger partial charge in [0.25, 0.3) is 0 Å². The van der Waals surface area contributed by atoms with E-state index in [1.54, 1.807) is 30.3 Å². The molecule has 0 unspecified atom stereocenters. The fraction of sp³-hybridized carbons (Fsp3) is 0.273. The molecule has 1 aliphatic rings. The molecule has 5 aromatic rings. The third-order valence-corrected chi connectivity index (χ3v) is 8.96. The summed E-state index contributed by atoms with van der Waals surface area (Å²) in [5.74, 6) is -1.55. The number of ether oxygens (including phenoxy) is 6. The summed E-state index contributed by atoms with van der Waals surface area (Å²) in [6, 6.07) is 47.0. The van der Waals surface area contributed by atoms with Gasteiger partial charge in [0.05, 0.1) is 26.4 Å². The molecule has 274 valence electrons. The van der Waals surface area contributed by atoms with E-state index in [-0.39, 0.29) is 26.4 Å². The molecule has 1 fully saturated rings. The van der Waals surface area contributed by atoms with Crippen LogP contribution in [0.2, 0.25) is 0 Å². The van der Waals surface area contributed by atoms with Crippen molar-refractivity contribution < 1.29 is 43.1 Å². The summed E-state index contributed by atoms with van der Waals surface area (Å²) in [5.41, 5.74) is 3.96. The van der Waals surface area contributed by atoms with Gasteiger partial charge in [-0.3, -0.25) is 4.79 Å². The molecule has 0 spiro atoms. The summed E-state index contributed by atoms with van der Waals surface area (Å²) in [4.78, 5) is 26.3. The van der Waals surface area contributed by atoms with E-state index in [0.29, 0.717) is 5.56 Å². The maximum atomic E-state index is 14.1. The van der Waals surface area contributed by atoms with Gasteiger partial charge in [0.2, 0.25) is 6.10 Å². The molecule has 0 radical (unpaired) electrons. The van der Waals surface area contributed by atoms with Crippen molar-refractivity contribution in [3.63, 3.8) is 0 Å². The van der Waals surface area contributed by atoms with Gasteiger partial charge in [-0.15, -0.1) is 0 Å². The second kappa shape index (κ2) is 19.1. The number of hydrogen-bond donors (Lipinski definition) is 1. The zero-order chi connectivity index (χ0) is 36.8. The molecule has 1 N–H and O–H groups in total. The van der Waals surface area contributed by atoms with Crippen LogP contribution in [0.5, 0.6) is 0 Å². The predicted molar refractivity (Wildman–Crippen MR) is 197 cm³/mol. The van der Waals surface area contributed by atoms with E-state index < -0.39 is 54.7 Å². The molecule has 0 amide bonds. The SMILES string of the molecule is CC(=O)O[C@H](C(=O)O[C@@H]1[C@H](O)[C@H](OCc2ccccc2)[C@@H](OCc2ccccc2)[C@H](OCc2ccccc2)[C@H]1OCc1ccccc1)c1ccccc1. The van der Waals surface area contributed by atoms with E-state index in [2.05, 4.69) is 0 Å². The van der Waals surface area contributed by atoms with Crippen LogP contribution >= 0.6 is 0 Å². The second-order valence-electron chi connectivity index (χ2n) is 12.8. The number of aliphatic hydroxyl groups is 1. The van der Waals surface area contributed by atoms with Crippen LogP contribution in [0.1, 0.15) is 40.8 Å². The molecular weight excluding hydrogens is 672 g/mol. The van der Waals surface area contributed by atoms with Crippen molar-refractivity contribution in [2.45, 2.75) is 76.1 Å². The highest BCUT2D eigenvalue weighted by Gasteiger charge is 2.55. The topological polar surface area (TPSA) is 110 Å². The Balaban J connectivity index is 1.39. The lowest BCUT2D eigenvalue weighted by Crippen LogP contribution is -2.67. The fourth-order valence-corrected chi connectivity index (χ4v) is 6.34. The first kappa shape index (κ1) is 37.6. The quantitative estimate of drug-likeness (QED) is 0.109. The normalized spacial score (nSPS) is 21.7. The summed E-state index contributed by atoms with van der Waals surface area (Å²) in [6.07, 6.45) is -8.06. The summed E-state index contributed by atoms with van der Waals surface area (Å²) in [6.45, 7) is 1.83. The number of esters is 2. The van der Waals surface area contributed by atoms with Gasteiger partial charge < -0.3 is 33.5 Å². The van der Waals surface area contributed by atoms with Crippen molar-refractivity contribution in [1.82, 2.24) is 0 Å². The first-order valence-corrected chi connectivity index (χ1v) is 17.7. The zero-order valence-electron chi connectivity index (χ0n) is 29.5. The lowest BCUT2D eigenvalue weighted by Gasteiger charge is -2.48. The number of hydrogen-bond acceptors (Lipinski definition) is 9. The predicted octanol–water partition coefficient (Wildman–Crippen LogP) is 6.92. The summed E-state index contributed by atoms with van der Waals surface area (Å²) < 4.78 is 38.2. The molecule has 0 bridgehead atoms. The lowest BCUT2D eigenvalue weighted by atomic mass is 9.83. The van der Waals surface area contributed by atoms with Crippen LogP contribution < -0.4 is 0 Å². The van der Waals surface area contributed by atoms with Gasteiger partial charge in [0, 0.05) is 12.5 Å². The zero-order valence-corrected chi connectivity index (χ0v) is 29.5. The van der Waals surface area contributed by atoms with Crippen LogP contribution in [-0.2, 0) is 64.4 Å². The fourth-order valence-electron chi connectivity index (χ4n) is 6.34. The van der Waals surface area contributed by atoms with Crippen LogP contribution in [0.4, 0.5) is 0 Å². The standard InChI is InChI=1S/C44H44O9/c1-31(45)52-38(36-25-15-6-16-26-36)44(47)53-40-37(46)39(48-27-32-17-7-2-8-18-32)41(49-28-33-19-9-3-10-20-33)43(51-30-35-23-13-5-14-24-35)42(40)50-29-34-21-11-4-12-22-34/h2-26,37-43,46H,27-30H2,1H3/t37-,38+,39+,40-,41-,42+,43+/m1/s1. The molecule has 0 aliphatic heterocycles. The van der Waals surface area contributed by atoms with Gasteiger partial charge in [0.15, 0.2) is 6.10 Å². The average molecular weight is 717 g/mol. The largest absolute Gasteiger partial charge is 0.454 e. The molecular formula is C44H44O9. The summed E-state index contributed by atoms with van der Waals surface area (Å²) in [5, 5.41) is 12.3. The van der Waals surface area contributed by atoms with E-state index >= 15 is 0 Å². The molecule has 53 heavy (non-hydrogen) atoms. The molecule has 9 heteroatoms. The van der Waals surface area contributed by atoms with Gasteiger partial charge in [-0.25, -0.2) is 4.79 Å². The lowest BCUT2D eigenvalue weighted by molar-refractivity contribution is -0.279. The minimum atomic E-state index is -1.45. The van der Waals surface area contributed by atoms with Crippen molar-refractivity contribution in [2.75, 3.05) is 0 Å². The Bertz CT molecular complexity index is 1820. The number of rotatable bonds is 16. The smallest absolute Gasteiger partial charge is 0.352 e. The molecule has 0 aromatic heterocycles. The minimum absolute atomic E-state index is 0.116. The van der Waals surface area contributed by atoms with Crippen molar-refractivity contribution in [1.29, 1.82) is 0 Å². The highest BCUT2D eigenvalue weighted by Crippen LogP contribution is 2.35. The van der Waals surface area contributed by atoms with Crippen LogP contribution in [0.25, 0.3) is 0 Å². The molecule has 0 saturated heterocycles. The number of carbonyl (C=O) groups excluding carboxylic acids is 2. The average Bonchev–Trinajstić information content (AvgIpc) is 3.20. The first-order valence-electron chi connectivity index (χ1n) is 17.7. The Morgan fingerprint density at radius 1 is 0.491 bits per heavy atom. The van der Waals surface area contributed by atoms with Crippen LogP contribution in [-0.4, -0.2) is 53.7 Å². The number of benzene rings is 5. The molecule has 0 heterocycles. The van der Waals surface area contributed by atoms with Gasteiger partial charge in [-0.2, -0.15) is 0 Å². The Labute approximate surface area is 310 Å². The monoisotopic (exact) mass is 716 g/mol. The van der Waals surface area contributed by atoms with E-state index in [0.717, 1.165) is 22.3 Å². The van der Waals surface area contributed by atoms with Crippen molar-refractivity contribution >= 4 is 11.9 Å². The van der Waals surface area contributed by atoms with Gasteiger partial charge >= 0.3 is 11.9 Å². The van der Waals surface area contributed by atoms with Crippen LogP contribution in [0.3, 0.4) is 0 Å². The highest BCUT2D eigenvalue weighted by atomic mass is 16.6. The third kappa shape index (κ3) is 10.5. The van der Waals surface area contributed by atoms with Gasteiger partial charge in [0.1, 0.15) is 30.5 Å². The maximum Gasteiger partial charge on any atom is 0.352 e. The second-order valence-corrected chi connectivity index (χ2v) is 12.8. The Kier molecular flexibility index (Phi) is 13.5. The van der Waals surface area contributed by atoms with Crippen molar-refractivity contribution in [2.24, 2.45) is 0 Å². The molecule has 5 aromatic carbocycles.